The van der Waals surface area contributed by atoms with Crippen molar-refractivity contribution in [3.05, 3.63) is 45.0 Å². The molecular weight excluding hydrogens is 315 g/mol. The predicted molar refractivity (Wildman–Crippen MR) is 68.0 cm³/mol. The molecule has 106 valence electrons. The summed E-state index contributed by atoms with van der Waals surface area (Å²) in [6.07, 6.45) is -4.52. The molecule has 0 aliphatic heterocycles. The Bertz CT molecular complexity index is 702. The third-order valence-corrected chi connectivity index (χ3v) is 3.15. The van der Waals surface area contributed by atoms with E-state index in [2.05, 4.69) is 15.0 Å². The van der Waals surface area contributed by atoms with Crippen LogP contribution in [0.3, 0.4) is 0 Å². The molecule has 0 saturated heterocycles. The van der Waals surface area contributed by atoms with Crippen LogP contribution < -0.4 is 5.56 Å². The molecule has 0 aliphatic rings. The van der Waals surface area contributed by atoms with Crippen LogP contribution in [0.2, 0.25) is 5.15 Å². The fourth-order valence-electron chi connectivity index (χ4n) is 1.39. The lowest BCUT2D eigenvalue weighted by molar-refractivity contribution is -0.137. The normalized spacial score (nSPS) is 11.7. The molecule has 4 nitrogen and oxygen atoms in total. The molecule has 0 fully saturated rings. The third kappa shape index (κ3) is 3.73. The molecule has 0 bridgehead atoms. The van der Waals surface area contributed by atoms with Gasteiger partial charge in [-0.05, 0) is 30.8 Å². The smallest absolute Gasteiger partial charge is 0.301 e. The number of H-pyrrole nitrogens is 1. The van der Waals surface area contributed by atoms with Gasteiger partial charge in [-0.15, -0.1) is 0 Å². The summed E-state index contributed by atoms with van der Waals surface area (Å²) < 4.78 is 37.9. The minimum absolute atomic E-state index is 0.00132. The van der Waals surface area contributed by atoms with Gasteiger partial charge in [-0.25, -0.2) is 9.97 Å². The number of pyridine rings is 1. The van der Waals surface area contributed by atoms with Crippen LogP contribution >= 0.6 is 23.4 Å². The van der Waals surface area contributed by atoms with Gasteiger partial charge in [0.2, 0.25) is 0 Å². The topological polar surface area (TPSA) is 58.6 Å². The molecule has 9 heteroatoms. The van der Waals surface area contributed by atoms with Crippen molar-refractivity contribution >= 4 is 23.4 Å². The zero-order valence-corrected chi connectivity index (χ0v) is 11.5. The standard InChI is InChI=1S/C11H7ClF3N3OS/c1-5-2-8(19)18-10(16-5)20-9-4-6(11(13,14)15)3-7(12)17-9/h2-4H,1H3,(H,16,18,19). The highest BCUT2D eigenvalue weighted by Crippen LogP contribution is 2.34. The number of alkyl halides is 3. The highest BCUT2D eigenvalue weighted by Gasteiger charge is 2.31. The van der Waals surface area contributed by atoms with Crippen LogP contribution in [0.25, 0.3) is 0 Å². The van der Waals surface area contributed by atoms with Gasteiger partial charge in [0.05, 0.1) is 5.56 Å². The molecule has 2 aromatic heterocycles. The van der Waals surface area contributed by atoms with Gasteiger partial charge in [-0.1, -0.05) is 11.6 Å². The van der Waals surface area contributed by atoms with Gasteiger partial charge >= 0.3 is 6.18 Å². The second-order valence-corrected chi connectivity index (χ2v) is 5.20. The summed E-state index contributed by atoms with van der Waals surface area (Å²) >= 11 is 6.37. The van der Waals surface area contributed by atoms with Crippen molar-refractivity contribution in [2.75, 3.05) is 0 Å². The quantitative estimate of drug-likeness (QED) is 0.681. The molecule has 0 radical (unpaired) electrons. The lowest BCUT2D eigenvalue weighted by Gasteiger charge is -2.08. The van der Waals surface area contributed by atoms with Crippen LogP contribution in [0, 0.1) is 6.92 Å². The molecule has 1 N–H and O–H groups in total. The number of halogens is 4. The summed E-state index contributed by atoms with van der Waals surface area (Å²) in [4.78, 5) is 21.4. The molecule has 2 heterocycles. The van der Waals surface area contributed by atoms with Crippen molar-refractivity contribution in [2.45, 2.75) is 23.3 Å². The Hall–Kier alpha value is -1.54. The van der Waals surface area contributed by atoms with E-state index >= 15 is 0 Å². The lowest BCUT2D eigenvalue weighted by atomic mass is 10.3. The highest BCUT2D eigenvalue weighted by atomic mass is 35.5. The van der Waals surface area contributed by atoms with E-state index in [1.165, 1.54) is 6.07 Å². The third-order valence-electron chi connectivity index (χ3n) is 2.15. The minimum atomic E-state index is -4.52. The van der Waals surface area contributed by atoms with Crippen LogP contribution in [0.15, 0.2) is 33.2 Å². The van der Waals surface area contributed by atoms with Crippen molar-refractivity contribution in [3.63, 3.8) is 0 Å². The Morgan fingerprint density at radius 3 is 2.55 bits per heavy atom. The van der Waals surface area contributed by atoms with Gasteiger partial charge in [0.15, 0.2) is 5.16 Å². The molecule has 2 rings (SSSR count). The largest absolute Gasteiger partial charge is 0.416 e. The lowest BCUT2D eigenvalue weighted by Crippen LogP contribution is -2.08. The fraction of sp³-hybridized carbons (Fsp3) is 0.182. The fourth-order valence-corrected chi connectivity index (χ4v) is 2.52. The number of nitrogens with one attached hydrogen (secondary N) is 1. The van der Waals surface area contributed by atoms with E-state index in [0.717, 1.165) is 23.9 Å². The van der Waals surface area contributed by atoms with Gasteiger partial charge in [0, 0.05) is 11.8 Å². The van der Waals surface area contributed by atoms with Crippen LogP contribution in [0.4, 0.5) is 13.2 Å². The molecule has 0 saturated carbocycles. The summed E-state index contributed by atoms with van der Waals surface area (Å²) in [5.74, 6) is 0. The SMILES string of the molecule is Cc1cc(=O)[nH]c(Sc2cc(C(F)(F)F)cc(Cl)n2)n1. The second-order valence-electron chi connectivity index (χ2n) is 3.81. The Kier molecular flexibility index (Phi) is 4.05. The average Bonchev–Trinajstić information content (AvgIpc) is 2.25. The van der Waals surface area contributed by atoms with E-state index in [0.29, 0.717) is 5.69 Å². The molecule has 20 heavy (non-hydrogen) atoms. The molecule has 0 spiro atoms. The van der Waals surface area contributed by atoms with E-state index < -0.39 is 17.3 Å². The predicted octanol–water partition coefficient (Wildman–Crippen LogP) is 3.30. The zero-order chi connectivity index (χ0) is 14.9. The Labute approximate surface area is 120 Å². The highest BCUT2D eigenvalue weighted by molar-refractivity contribution is 7.99. The summed E-state index contributed by atoms with van der Waals surface area (Å²) in [6, 6.07) is 2.85. The number of aryl methyl sites for hydroxylation is 1. The van der Waals surface area contributed by atoms with Crippen molar-refractivity contribution in [2.24, 2.45) is 0 Å². The van der Waals surface area contributed by atoms with E-state index in [9.17, 15) is 18.0 Å². The van der Waals surface area contributed by atoms with Gasteiger partial charge in [-0.2, -0.15) is 13.2 Å². The number of aromatic nitrogens is 3. The van der Waals surface area contributed by atoms with Crippen molar-refractivity contribution in [1.29, 1.82) is 0 Å². The van der Waals surface area contributed by atoms with Crippen LogP contribution in [-0.4, -0.2) is 15.0 Å². The van der Waals surface area contributed by atoms with Crippen molar-refractivity contribution in [1.82, 2.24) is 15.0 Å². The maximum atomic E-state index is 12.6. The summed E-state index contributed by atoms with van der Waals surface area (Å²) in [5, 5.41) is -0.131. The molecular formula is C11H7ClF3N3OS. The van der Waals surface area contributed by atoms with Crippen LogP contribution in [0.1, 0.15) is 11.3 Å². The molecule has 2 aromatic rings. The van der Waals surface area contributed by atoms with Crippen LogP contribution in [-0.2, 0) is 6.18 Å². The summed E-state index contributed by atoms with van der Waals surface area (Å²) in [7, 11) is 0. The second kappa shape index (κ2) is 5.45. The van der Waals surface area contributed by atoms with Crippen LogP contribution in [0.5, 0.6) is 0 Å². The number of aromatic amines is 1. The van der Waals surface area contributed by atoms with Crippen molar-refractivity contribution < 1.29 is 13.2 Å². The first-order valence-electron chi connectivity index (χ1n) is 5.24. The molecule has 0 unspecified atom stereocenters. The average molecular weight is 322 g/mol. The molecule has 0 atom stereocenters. The van der Waals surface area contributed by atoms with Gasteiger partial charge < -0.3 is 4.98 Å². The summed E-state index contributed by atoms with van der Waals surface area (Å²) in [5.41, 5.74) is -0.845. The van der Waals surface area contributed by atoms with Crippen molar-refractivity contribution in [3.8, 4) is 0 Å². The first-order chi connectivity index (χ1) is 9.24. The number of rotatable bonds is 2. The van der Waals surface area contributed by atoms with E-state index in [-0.39, 0.29) is 15.3 Å². The number of hydrogen-bond acceptors (Lipinski definition) is 4. The van der Waals surface area contributed by atoms with Gasteiger partial charge in [0.1, 0.15) is 10.2 Å². The molecule has 0 aromatic carbocycles. The maximum absolute atomic E-state index is 12.6. The Balaban J connectivity index is 2.38. The number of hydrogen-bond donors (Lipinski definition) is 1. The first-order valence-corrected chi connectivity index (χ1v) is 6.44. The summed E-state index contributed by atoms with van der Waals surface area (Å²) in [6.45, 7) is 1.60. The Morgan fingerprint density at radius 2 is 1.95 bits per heavy atom. The number of nitrogens with zero attached hydrogens (tertiary/aromatic N) is 2. The Morgan fingerprint density at radius 1 is 1.25 bits per heavy atom. The monoisotopic (exact) mass is 321 g/mol. The minimum Gasteiger partial charge on any atom is -0.301 e. The molecule has 0 amide bonds. The van der Waals surface area contributed by atoms with Gasteiger partial charge in [-0.3, -0.25) is 4.79 Å². The maximum Gasteiger partial charge on any atom is 0.416 e. The van der Waals surface area contributed by atoms with E-state index in [4.69, 9.17) is 11.6 Å². The molecule has 0 aliphatic carbocycles. The zero-order valence-electron chi connectivity index (χ0n) is 9.95. The first kappa shape index (κ1) is 14.9. The van der Waals surface area contributed by atoms with Gasteiger partial charge in [0.25, 0.3) is 5.56 Å². The van der Waals surface area contributed by atoms with E-state index in [1.807, 2.05) is 0 Å². The van der Waals surface area contributed by atoms with E-state index in [1.54, 1.807) is 6.92 Å².